The van der Waals surface area contributed by atoms with Crippen molar-refractivity contribution in [1.29, 1.82) is 0 Å². The fourth-order valence-electron chi connectivity index (χ4n) is 3.23. The molecule has 0 saturated carbocycles. The SMILES string of the molecule is CC(C)(C)c1ccccc1F.Cc1ccc(C(C)(C)C)cc1.Cc1cccc(C(C)(C)C)c1. The third-order valence-corrected chi connectivity index (χ3v) is 5.48. The Labute approximate surface area is 203 Å². The lowest BCUT2D eigenvalue weighted by Gasteiger charge is -2.19. The summed E-state index contributed by atoms with van der Waals surface area (Å²) in [6.07, 6.45) is 0. The van der Waals surface area contributed by atoms with E-state index in [2.05, 4.69) is 104 Å². The van der Waals surface area contributed by atoms with Crippen LogP contribution in [-0.4, -0.2) is 0 Å². The van der Waals surface area contributed by atoms with Gasteiger partial charge in [0.1, 0.15) is 5.82 Å². The first-order valence-corrected chi connectivity index (χ1v) is 11.9. The number of hydrogen-bond acceptors (Lipinski definition) is 0. The highest BCUT2D eigenvalue weighted by molar-refractivity contribution is 5.28. The van der Waals surface area contributed by atoms with Gasteiger partial charge in [-0.1, -0.05) is 140 Å². The van der Waals surface area contributed by atoms with Crippen LogP contribution in [0.2, 0.25) is 0 Å². The van der Waals surface area contributed by atoms with Gasteiger partial charge in [0.2, 0.25) is 0 Å². The van der Waals surface area contributed by atoms with Gasteiger partial charge in [0.05, 0.1) is 0 Å². The molecule has 0 fully saturated rings. The van der Waals surface area contributed by atoms with Crippen LogP contribution in [0.15, 0.2) is 72.8 Å². The molecule has 0 aliphatic heterocycles. The topological polar surface area (TPSA) is 0 Å². The van der Waals surface area contributed by atoms with E-state index in [1.807, 2.05) is 32.9 Å². The minimum atomic E-state index is -0.111. The van der Waals surface area contributed by atoms with Crippen LogP contribution < -0.4 is 0 Å². The molecule has 180 valence electrons. The first-order valence-electron chi connectivity index (χ1n) is 11.9. The van der Waals surface area contributed by atoms with Crippen LogP contribution in [0, 0.1) is 19.7 Å². The Morgan fingerprint density at radius 2 is 1.00 bits per heavy atom. The maximum Gasteiger partial charge on any atom is 0.126 e. The molecule has 0 amide bonds. The molecule has 0 bridgehead atoms. The van der Waals surface area contributed by atoms with E-state index in [4.69, 9.17) is 0 Å². The van der Waals surface area contributed by atoms with E-state index in [0.717, 1.165) is 5.56 Å². The van der Waals surface area contributed by atoms with Crippen molar-refractivity contribution in [3.05, 3.63) is 106 Å². The van der Waals surface area contributed by atoms with Crippen LogP contribution in [-0.2, 0) is 16.2 Å². The van der Waals surface area contributed by atoms with E-state index in [0.29, 0.717) is 0 Å². The largest absolute Gasteiger partial charge is 0.207 e. The summed E-state index contributed by atoms with van der Waals surface area (Å²) in [4.78, 5) is 0. The van der Waals surface area contributed by atoms with Crippen molar-refractivity contribution in [2.45, 2.75) is 92.4 Å². The van der Waals surface area contributed by atoms with E-state index >= 15 is 0 Å². The van der Waals surface area contributed by atoms with Gasteiger partial charge in [-0.25, -0.2) is 4.39 Å². The second-order valence-electron chi connectivity index (χ2n) is 12.0. The molecule has 0 radical (unpaired) electrons. The van der Waals surface area contributed by atoms with Gasteiger partial charge >= 0.3 is 0 Å². The lowest BCUT2D eigenvalue weighted by atomic mass is 9.86. The lowest BCUT2D eigenvalue weighted by molar-refractivity contribution is 0.523. The molecular formula is C32H45F. The Morgan fingerprint density at radius 1 is 0.485 bits per heavy atom. The Kier molecular flexibility index (Phi) is 10.1. The number of rotatable bonds is 0. The zero-order valence-electron chi connectivity index (χ0n) is 22.8. The molecule has 0 aromatic heterocycles. The van der Waals surface area contributed by atoms with Crippen LogP contribution in [0.25, 0.3) is 0 Å². The highest BCUT2D eigenvalue weighted by Gasteiger charge is 2.17. The predicted molar refractivity (Wildman–Crippen MR) is 145 cm³/mol. The molecule has 0 aliphatic rings. The van der Waals surface area contributed by atoms with Crippen molar-refractivity contribution < 1.29 is 4.39 Å². The Bertz CT molecular complexity index is 974. The molecule has 0 unspecified atom stereocenters. The monoisotopic (exact) mass is 448 g/mol. The van der Waals surface area contributed by atoms with Gasteiger partial charge in [0.25, 0.3) is 0 Å². The van der Waals surface area contributed by atoms with Crippen molar-refractivity contribution in [3.8, 4) is 0 Å². The van der Waals surface area contributed by atoms with Crippen LogP contribution in [0.5, 0.6) is 0 Å². The average molecular weight is 449 g/mol. The summed E-state index contributed by atoms with van der Waals surface area (Å²) in [5.41, 5.74) is 6.75. The number of aryl methyl sites for hydroxylation is 2. The molecule has 0 atom stereocenters. The molecule has 0 aliphatic carbocycles. The van der Waals surface area contributed by atoms with E-state index < -0.39 is 0 Å². The molecule has 0 N–H and O–H groups in total. The Hall–Kier alpha value is -2.41. The van der Waals surface area contributed by atoms with Gasteiger partial charge in [-0.2, -0.15) is 0 Å². The molecule has 0 saturated heterocycles. The van der Waals surface area contributed by atoms with Crippen molar-refractivity contribution in [3.63, 3.8) is 0 Å². The smallest absolute Gasteiger partial charge is 0.126 e. The third kappa shape index (κ3) is 10.4. The lowest BCUT2D eigenvalue weighted by Crippen LogP contribution is -2.12. The summed E-state index contributed by atoms with van der Waals surface area (Å²) in [6, 6.07) is 24.3. The van der Waals surface area contributed by atoms with Crippen LogP contribution in [0.1, 0.15) is 90.1 Å². The first kappa shape index (κ1) is 28.6. The molecule has 3 rings (SSSR count). The van der Waals surface area contributed by atoms with Gasteiger partial charge in [0, 0.05) is 0 Å². The summed E-state index contributed by atoms with van der Waals surface area (Å²) >= 11 is 0. The maximum atomic E-state index is 13.1. The molecule has 1 heteroatoms. The summed E-state index contributed by atoms with van der Waals surface area (Å²) in [7, 11) is 0. The normalized spacial score (nSPS) is 11.6. The predicted octanol–water partition coefficient (Wildman–Crippen LogP) is 9.71. The van der Waals surface area contributed by atoms with Crippen LogP contribution in [0.3, 0.4) is 0 Å². The van der Waals surface area contributed by atoms with Crippen molar-refractivity contribution in [2.75, 3.05) is 0 Å². The second-order valence-corrected chi connectivity index (χ2v) is 12.0. The first-order chi connectivity index (χ1) is 15.0. The molecule has 0 spiro atoms. The molecule has 0 heterocycles. The minimum Gasteiger partial charge on any atom is -0.207 e. The zero-order valence-corrected chi connectivity index (χ0v) is 22.8. The van der Waals surface area contributed by atoms with Crippen LogP contribution >= 0.6 is 0 Å². The Morgan fingerprint density at radius 3 is 1.36 bits per heavy atom. The molecule has 0 nitrogen and oxygen atoms in total. The summed E-state index contributed by atoms with van der Waals surface area (Å²) in [5, 5.41) is 0. The van der Waals surface area contributed by atoms with Crippen molar-refractivity contribution >= 4 is 0 Å². The molecule has 33 heavy (non-hydrogen) atoms. The van der Waals surface area contributed by atoms with Crippen molar-refractivity contribution in [1.82, 2.24) is 0 Å². The van der Waals surface area contributed by atoms with Gasteiger partial charge < -0.3 is 0 Å². The molecule has 3 aromatic carbocycles. The fourth-order valence-corrected chi connectivity index (χ4v) is 3.23. The zero-order chi connectivity index (χ0) is 25.4. The highest BCUT2D eigenvalue weighted by atomic mass is 19.1. The van der Waals surface area contributed by atoms with Gasteiger partial charge in [0.15, 0.2) is 0 Å². The average Bonchev–Trinajstić information content (AvgIpc) is 2.67. The highest BCUT2D eigenvalue weighted by Crippen LogP contribution is 2.24. The minimum absolute atomic E-state index is 0.0919. The quantitative estimate of drug-likeness (QED) is 0.321. The summed E-state index contributed by atoms with van der Waals surface area (Å²) < 4.78 is 13.1. The van der Waals surface area contributed by atoms with Gasteiger partial charge in [-0.05, 0) is 52.8 Å². The van der Waals surface area contributed by atoms with E-state index in [-0.39, 0.29) is 22.1 Å². The summed E-state index contributed by atoms with van der Waals surface area (Å²) in [6.45, 7) is 23.7. The van der Waals surface area contributed by atoms with Crippen LogP contribution in [0.4, 0.5) is 4.39 Å². The van der Waals surface area contributed by atoms with Gasteiger partial charge in [-0.3, -0.25) is 0 Å². The molecule has 3 aromatic rings. The second kappa shape index (κ2) is 11.6. The third-order valence-electron chi connectivity index (χ3n) is 5.48. The maximum absolute atomic E-state index is 13.1. The van der Waals surface area contributed by atoms with E-state index in [1.165, 1.54) is 28.3 Å². The van der Waals surface area contributed by atoms with Gasteiger partial charge in [-0.15, -0.1) is 0 Å². The summed E-state index contributed by atoms with van der Waals surface area (Å²) in [5.74, 6) is -0.111. The van der Waals surface area contributed by atoms with E-state index in [1.54, 1.807) is 6.07 Å². The fraction of sp³-hybridized carbons (Fsp3) is 0.438. The number of halogens is 1. The number of hydrogen-bond donors (Lipinski definition) is 0. The standard InChI is InChI=1S/2C11H16.C10H13F/c1-9-5-7-10(8-6-9)11(2,3)4;1-9-6-5-7-10(8-9)11(2,3)4;1-10(2,3)8-6-4-5-7-9(8)11/h2*5-8H,1-4H3;4-7H,1-3H3. The van der Waals surface area contributed by atoms with E-state index in [9.17, 15) is 4.39 Å². The molecular weight excluding hydrogens is 403 g/mol. The van der Waals surface area contributed by atoms with Crippen molar-refractivity contribution in [2.24, 2.45) is 0 Å². The Balaban J connectivity index is 0.000000247. The number of benzene rings is 3.